The molecule has 0 aromatic heterocycles. The van der Waals surface area contributed by atoms with Gasteiger partial charge in [-0.2, -0.15) is 0 Å². The van der Waals surface area contributed by atoms with E-state index in [9.17, 15) is 4.79 Å². The third-order valence-corrected chi connectivity index (χ3v) is 3.96. The van der Waals surface area contributed by atoms with E-state index in [0.29, 0.717) is 11.4 Å². The fourth-order valence-electron chi connectivity index (χ4n) is 2.05. The molecule has 6 heteroatoms. The van der Waals surface area contributed by atoms with E-state index in [0.717, 1.165) is 21.3 Å². The van der Waals surface area contributed by atoms with Crippen molar-refractivity contribution in [3.05, 3.63) is 40.9 Å². The molecule has 23 heavy (non-hydrogen) atoms. The maximum Gasteiger partial charge on any atom is 0.321 e. The molecule has 0 heterocycles. The number of urea groups is 1. The molecule has 5 nitrogen and oxygen atoms in total. The van der Waals surface area contributed by atoms with Crippen molar-refractivity contribution in [1.82, 2.24) is 4.90 Å². The van der Waals surface area contributed by atoms with Crippen LogP contribution in [0.1, 0.15) is 0 Å². The molecule has 0 fully saturated rings. The number of methoxy groups -OCH3 is 2. The van der Waals surface area contributed by atoms with Crippen LogP contribution < -0.4 is 14.8 Å². The van der Waals surface area contributed by atoms with E-state index in [1.54, 1.807) is 34.4 Å². The maximum atomic E-state index is 12.0. The number of carbonyl (C=O) groups excluding carboxylic acids is 1. The molecule has 122 valence electrons. The average molecular weight is 379 g/mol. The van der Waals surface area contributed by atoms with E-state index in [4.69, 9.17) is 9.47 Å². The molecule has 0 saturated heterocycles. The monoisotopic (exact) mass is 378 g/mol. The van der Waals surface area contributed by atoms with Crippen molar-refractivity contribution < 1.29 is 14.3 Å². The van der Waals surface area contributed by atoms with Crippen molar-refractivity contribution in [1.29, 1.82) is 0 Å². The first kappa shape index (κ1) is 17.1. The molecule has 2 aromatic carbocycles. The summed E-state index contributed by atoms with van der Waals surface area (Å²) in [7, 11) is 6.60. The van der Waals surface area contributed by atoms with Gasteiger partial charge in [0.25, 0.3) is 0 Å². The quantitative estimate of drug-likeness (QED) is 0.865. The van der Waals surface area contributed by atoms with Crippen LogP contribution in [0.25, 0.3) is 11.1 Å². The van der Waals surface area contributed by atoms with Gasteiger partial charge in [0.15, 0.2) is 0 Å². The number of rotatable bonds is 4. The van der Waals surface area contributed by atoms with E-state index in [2.05, 4.69) is 21.2 Å². The highest BCUT2D eigenvalue weighted by molar-refractivity contribution is 9.10. The minimum Gasteiger partial charge on any atom is -0.497 e. The molecule has 2 rings (SSSR count). The molecule has 2 aromatic rings. The lowest BCUT2D eigenvalue weighted by Gasteiger charge is -2.17. The first-order valence-electron chi connectivity index (χ1n) is 6.96. The maximum absolute atomic E-state index is 12.0. The molecular formula is C17H19BrN2O3. The smallest absolute Gasteiger partial charge is 0.321 e. The van der Waals surface area contributed by atoms with E-state index in [1.165, 1.54) is 4.90 Å². The zero-order valence-electron chi connectivity index (χ0n) is 13.5. The number of amides is 2. The normalized spacial score (nSPS) is 10.1. The zero-order chi connectivity index (χ0) is 17.0. The lowest BCUT2D eigenvalue weighted by Crippen LogP contribution is -2.27. The summed E-state index contributed by atoms with van der Waals surface area (Å²) in [5.41, 5.74) is 2.52. The van der Waals surface area contributed by atoms with Crippen molar-refractivity contribution in [3.63, 3.8) is 0 Å². The molecule has 0 aliphatic rings. The minimum absolute atomic E-state index is 0.205. The van der Waals surface area contributed by atoms with Crippen LogP contribution in [0.4, 0.5) is 10.5 Å². The van der Waals surface area contributed by atoms with Gasteiger partial charge in [-0.25, -0.2) is 4.79 Å². The molecule has 0 unspecified atom stereocenters. The van der Waals surface area contributed by atoms with Crippen molar-refractivity contribution >= 4 is 27.6 Å². The zero-order valence-corrected chi connectivity index (χ0v) is 15.1. The summed E-state index contributed by atoms with van der Waals surface area (Å²) in [4.78, 5) is 13.5. The third-order valence-electron chi connectivity index (χ3n) is 3.34. The predicted molar refractivity (Wildman–Crippen MR) is 95.4 cm³/mol. The van der Waals surface area contributed by atoms with Crippen molar-refractivity contribution in [3.8, 4) is 22.6 Å². The summed E-state index contributed by atoms with van der Waals surface area (Å²) in [6.45, 7) is 0. The van der Waals surface area contributed by atoms with Gasteiger partial charge in [-0.3, -0.25) is 0 Å². The molecule has 0 aliphatic heterocycles. The van der Waals surface area contributed by atoms with Gasteiger partial charge in [-0.15, -0.1) is 0 Å². The Balaban J connectivity index is 2.50. The van der Waals surface area contributed by atoms with Crippen LogP contribution in [0.3, 0.4) is 0 Å². The van der Waals surface area contributed by atoms with Crippen LogP contribution in [-0.2, 0) is 0 Å². The molecule has 0 saturated carbocycles. The van der Waals surface area contributed by atoms with Crippen LogP contribution in [0.15, 0.2) is 40.9 Å². The number of nitrogens with zero attached hydrogens (tertiary/aromatic N) is 1. The second-order valence-electron chi connectivity index (χ2n) is 5.09. The van der Waals surface area contributed by atoms with Gasteiger partial charge in [0, 0.05) is 25.7 Å². The van der Waals surface area contributed by atoms with Crippen molar-refractivity contribution in [2.45, 2.75) is 0 Å². The molecule has 2 amide bonds. The highest BCUT2D eigenvalue weighted by atomic mass is 79.9. The van der Waals surface area contributed by atoms with E-state index >= 15 is 0 Å². The molecule has 0 bridgehead atoms. The van der Waals surface area contributed by atoms with Crippen LogP contribution in [0.5, 0.6) is 11.5 Å². The van der Waals surface area contributed by atoms with Crippen LogP contribution >= 0.6 is 15.9 Å². The molecule has 0 radical (unpaired) electrons. The Morgan fingerprint density at radius 1 is 1.09 bits per heavy atom. The number of ether oxygens (including phenoxy) is 2. The standard InChI is InChI=1S/C17H19BrN2O3/c1-20(2)17(21)19-15-10-16(23-4)14(18)9-13(15)11-5-7-12(22-3)8-6-11/h5-10H,1-4H3,(H,19,21). The molecule has 0 atom stereocenters. The first-order chi connectivity index (χ1) is 11.0. The number of carbonyl (C=O) groups is 1. The highest BCUT2D eigenvalue weighted by Crippen LogP contribution is 2.37. The molecular weight excluding hydrogens is 360 g/mol. The Morgan fingerprint density at radius 2 is 1.74 bits per heavy atom. The van der Waals surface area contributed by atoms with E-state index in [-0.39, 0.29) is 6.03 Å². The van der Waals surface area contributed by atoms with Gasteiger partial charge in [-0.1, -0.05) is 12.1 Å². The van der Waals surface area contributed by atoms with Gasteiger partial charge in [0.1, 0.15) is 11.5 Å². The minimum atomic E-state index is -0.205. The van der Waals surface area contributed by atoms with Crippen molar-refractivity contribution in [2.75, 3.05) is 33.6 Å². The Hall–Kier alpha value is -2.21. The predicted octanol–water partition coefficient (Wildman–Crippen LogP) is 4.23. The van der Waals surface area contributed by atoms with Crippen molar-refractivity contribution in [2.24, 2.45) is 0 Å². The summed E-state index contributed by atoms with van der Waals surface area (Å²) in [6, 6.07) is 11.2. The van der Waals surface area contributed by atoms with Gasteiger partial charge < -0.3 is 19.7 Å². The fraction of sp³-hybridized carbons (Fsp3) is 0.235. The summed E-state index contributed by atoms with van der Waals surface area (Å²) in [6.07, 6.45) is 0. The highest BCUT2D eigenvalue weighted by Gasteiger charge is 2.14. The summed E-state index contributed by atoms with van der Waals surface area (Å²) >= 11 is 3.49. The number of hydrogen-bond acceptors (Lipinski definition) is 3. The Bertz CT molecular complexity index is 700. The number of nitrogens with one attached hydrogen (secondary N) is 1. The number of anilines is 1. The Morgan fingerprint density at radius 3 is 2.26 bits per heavy atom. The lowest BCUT2D eigenvalue weighted by atomic mass is 10.0. The Labute approximate surface area is 144 Å². The van der Waals surface area contributed by atoms with Gasteiger partial charge in [-0.05, 0) is 39.7 Å². The third kappa shape index (κ3) is 3.96. The summed E-state index contributed by atoms with van der Waals surface area (Å²) in [5.74, 6) is 1.43. The lowest BCUT2D eigenvalue weighted by molar-refractivity contribution is 0.230. The average Bonchev–Trinajstić information content (AvgIpc) is 2.56. The van der Waals surface area contributed by atoms with Crippen LogP contribution in [0, 0.1) is 0 Å². The second-order valence-corrected chi connectivity index (χ2v) is 5.94. The second kappa shape index (κ2) is 7.37. The molecule has 0 spiro atoms. The van der Waals surface area contributed by atoms with Crippen LogP contribution in [0.2, 0.25) is 0 Å². The molecule has 1 N–H and O–H groups in total. The van der Waals surface area contributed by atoms with Gasteiger partial charge in [0.2, 0.25) is 0 Å². The first-order valence-corrected chi connectivity index (χ1v) is 7.75. The number of hydrogen-bond donors (Lipinski definition) is 1. The van der Waals surface area contributed by atoms with Gasteiger partial charge in [0.05, 0.1) is 24.4 Å². The SMILES string of the molecule is COc1ccc(-c2cc(Br)c(OC)cc2NC(=O)N(C)C)cc1. The Kier molecular flexibility index (Phi) is 5.50. The fourth-order valence-corrected chi connectivity index (χ4v) is 2.55. The van der Waals surface area contributed by atoms with E-state index < -0.39 is 0 Å². The largest absolute Gasteiger partial charge is 0.497 e. The summed E-state index contributed by atoms with van der Waals surface area (Å²) in [5, 5.41) is 2.89. The number of benzene rings is 2. The number of halogens is 1. The summed E-state index contributed by atoms with van der Waals surface area (Å²) < 4.78 is 11.3. The van der Waals surface area contributed by atoms with Gasteiger partial charge >= 0.3 is 6.03 Å². The molecule has 0 aliphatic carbocycles. The topological polar surface area (TPSA) is 50.8 Å². The van der Waals surface area contributed by atoms with Crippen LogP contribution in [-0.4, -0.2) is 39.2 Å². The van der Waals surface area contributed by atoms with E-state index in [1.807, 2.05) is 30.3 Å².